The zero-order valence-electron chi connectivity index (χ0n) is 9.94. The predicted octanol–water partition coefficient (Wildman–Crippen LogP) is 4.74. The van der Waals surface area contributed by atoms with Crippen LogP contribution < -0.4 is 4.74 Å². The molecule has 0 saturated carbocycles. The van der Waals surface area contributed by atoms with Gasteiger partial charge in [0.05, 0.1) is 6.26 Å². The van der Waals surface area contributed by atoms with Gasteiger partial charge < -0.3 is 9.15 Å². The van der Waals surface area contributed by atoms with E-state index < -0.39 is 0 Å². The summed E-state index contributed by atoms with van der Waals surface area (Å²) < 4.78 is 12.1. The Morgan fingerprint density at radius 2 is 2.12 bits per heavy atom. The van der Waals surface area contributed by atoms with Crippen LogP contribution in [0.4, 0.5) is 0 Å². The van der Waals surface area contributed by atoms with E-state index >= 15 is 0 Å². The molecule has 0 saturated heterocycles. The number of halogens is 1. The zero-order valence-corrected chi connectivity index (χ0v) is 11.5. The number of ether oxygens (including phenoxy) is 1. The van der Waals surface area contributed by atoms with E-state index in [1.54, 1.807) is 6.26 Å². The van der Waals surface area contributed by atoms with Crippen LogP contribution in [0.15, 0.2) is 45.5 Å². The summed E-state index contributed by atoms with van der Waals surface area (Å²) in [7, 11) is 0. The molecular formula is C14H15BrO2. The van der Waals surface area contributed by atoms with Gasteiger partial charge in [-0.1, -0.05) is 29.8 Å². The molecule has 2 nitrogen and oxygen atoms in total. The molecule has 2 aromatic rings. The summed E-state index contributed by atoms with van der Waals surface area (Å²) in [5.74, 6) is 2.18. The first-order valence-corrected chi connectivity index (χ1v) is 6.40. The molecule has 1 aromatic carbocycles. The van der Waals surface area contributed by atoms with Gasteiger partial charge in [-0.25, -0.2) is 0 Å². The van der Waals surface area contributed by atoms with Crippen LogP contribution in [-0.4, -0.2) is 0 Å². The number of hydrogen-bond acceptors (Lipinski definition) is 2. The number of rotatable bonds is 4. The highest BCUT2D eigenvalue weighted by Crippen LogP contribution is 2.30. The standard InChI is InChI=1S/C14H15BrO2/c1-10(2)13-8-11(15)5-6-14(13)17-9-12-4-3-7-16-12/h3-8,10H,9H2,1-2H3. The summed E-state index contributed by atoms with van der Waals surface area (Å²) >= 11 is 3.48. The van der Waals surface area contributed by atoms with Crippen LogP contribution in [0.25, 0.3) is 0 Å². The van der Waals surface area contributed by atoms with Gasteiger partial charge in [0.1, 0.15) is 18.1 Å². The summed E-state index contributed by atoms with van der Waals surface area (Å²) in [6.07, 6.45) is 1.66. The Kier molecular flexibility index (Phi) is 3.89. The van der Waals surface area contributed by atoms with Crippen molar-refractivity contribution in [3.63, 3.8) is 0 Å². The molecule has 3 heteroatoms. The molecule has 0 aliphatic heterocycles. The fourth-order valence-corrected chi connectivity index (χ4v) is 2.02. The Morgan fingerprint density at radius 3 is 2.76 bits per heavy atom. The lowest BCUT2D eigenvalue weighted by Crippen LogP contribution is -1.99. The highest BCUT2D eigenvalue weighted by molar-refractivity contribution is 9.10. The van der Waals surface area contributed by atoms with Crippen molar-refractivity contribution in [1.29, 1.82) is 0 Å². The van der Waals surface area contributed by atoms with E-state index in [2.05, 4.69) is 35.8 Å². The number of hydrogen-bond donors (Lipinski definition) is 0. The van der Waals surface area contributed by atoms with Gasteiger partial charge in [-0.15, -0.1) is 0 Å². The third-order valence-corrected chi connectivity index (χ3v) is 3.04. The van der Waals surface area contributed by atoms with Gasteiger partial charge in [-0.05, 0) is 41.8 Å². The van der Waals surface area contributed by atoms with Crippen molar-refractivity contribution in [1.82, 2.24) is 0 Å². The minimum atomic E-state index is 0.430. The molecule has 0 aliphatic carbocycles. The molecule has 0 bridgehead atoms. The van der Waals surface area contributed by atoms with Crippen molar-refractivity contribution < 1.29 is 9.15 Å². The van der Waals surface area contributed by atoms with Crippen LogP contribution in [0.1, 0.15) is 31.1 Å². The molecule has 0 fully saturated rings. The van der Waals surface area contributed by atoms with Gasteiger partial charge >= 0.3 is 0 Å². The van der Waals surface area contributed by atoms with Crippen LogP contribution in [0.3, 0.4) is 0 Å². The Balaban J connectivity index is 2.14. The average molecular weight is 295 g/mol. The molecule has 0 amide bonds. The molecule has 0 spiro atoms. The van der Waals surface area contributed by atoms with Crippen molar-refractivity contribution in [3.05, 3.63) is 52.4 Å². The summed E-state index contributed by atoms with van der Waals surface area (Å²) in [5, 5.41) is 0. The Morgan fingerprint density at radius 1 is 1.29 bits per heavy atom. The van der Waals surface area contributed by atoms with E-state index in [0.29, 0.717) is 12.5 Å². The topological polar surface area (TPSA) is 22.4 Å². The third kappa shape index (κ3) is 3.13. The van der Waals surface area contributed by atoms with E-state index in [1.165, 1.54) is 5.56 Å². The van der Waals surface area contributed by atoms with E-state index in [-0.39, 0.29) is 0 Å². The minimum Gasteiger partial charge on any atom is -0.485 e. The van der Waals surface area contributed by atoms with E-state index in [9.17, 15) is 0 Å². The first kappa shape index (κ1) is 12.2. The molecule has 0 radical (unpaired) electrons. The van der Waals surface area contributed by atoms with Crippen LogP contribution in [0.5, 0.6) is 5.75 Å². The maximum Gasteiger partial charge on any atom is 0.146 e. The molecule has 2 rings (SSSR count). The van der Waals surface area contributed by atoms with Crippen molar-refractivity contribution >= 4 is 15.9 Å². The zero-order chi connectivity index (χ0) is 12.3. The SMILES string of the molecule is CC(C)c1cc(Br)ccc1OCc1ccco1. The van der Waals surface area contributed by atoms with Gasteiger partial charge in [0.2, 0.25) is 0 Å². The fourth-order valence-electron chi connectivity index (χ4n) is 1.65. The van der Waals surface area contributed by atoms with Crippen molar-refractivity contribution in [3.8, 4) is 5.75 Å². The molecule has 0 N–H and O–H groups in total. The van der Waals surface area contributed by atoms with Gasteiger partial charge in [-0.3, -0.25) is 0 Å². The maximum absolute atomic E-state index is 5.78. The molecule has 90 valence electrons. The average Bonchev–Trinajstić information content (AvgIpc) is 2.80. The normalized spacial score (nSPS) is 10.8. The molecule has 0 atom stereocenters. The predicted molar refractivity (Wildman–Crippen MR) is 71.3 cm³/mol. The smallest absolute Gasteiger partial charge is 0.146 e. The van der Waals surface area contributed by atoms with Crippen LogP contribution in [0, 0.1) is 0 Å². The van der Waals surface area contributed by atoms with E-state index in [4.69, 9.17) is 9.15 Å². The summed E-state index contributed by atoms with van der Waals surface area (Å²) in [4.78, 5) is 0. The molecule has 0 aliphatic rings. The monoisotopic (exact) mass is 294 g/mol. The quantitative estimate of drug-likeness (QED) is 0.812. The largest absolute Gasteiger partial charge is 0.485 e. The molecule has 17 heavy (non-hydrogen) atoms. The van der Waals surface area contributed by atoms with Crippen LogP contribution in [-0.2, 0) is 6.61 Å². The highest BCUT2D eigenvalue weighted by atomic mass is 79.9. The minimum absolute atomic E-state index is 0.430. The first-order valence-electron chi connectivity index (χ1n) is 5.61. The highest BCUT2D eigenvalue weighted by Gasteiger charge is 2.09. The Hall–Kier alpha value is -1.22. The lowest BCUT2D eigenvalue weighted by atomic mass is 10.0. The summed E-state index contributed by atoms with van der Waals surface area (Å²) in [6, 6.07) is 9.85. The lowest BCUT2D eigenvalue weighted by molar-refractivity contribution is 0.267. The van der Waals surface area contributed by atoms with E-state index in [0.717, 1.165) is 16.0 Å². The molecule has 1 aromatic heterocycles. The number of benzene rings is 1. The second kappa shape index (κ2) is 5.41. The van der Waals surface area contributed by atoms with E-state index in [1.807, 2.05) is 24.3 Å². The fraction of sp³-hybridized carbons (Fsp3) is 0.286. The lowest BCUT2D eigenvalue weighted by Gasteiger charge is -2.13. The Bertz CT molecular complexity index is 475. The summed E-state index contributed by atoms with van der Waals surface area (Å²) in [5.41, 5.74) is 1.20. The van der Waals surface area contributed by atoms with Crippen LogP contribution in [0.2, 0.25) is 0 Å². The van der Waals surface area contributed by atoms with Gasteiger partial charge in [0.15, 0.2) is 0 Å². The second-order valence-corrected chi connectivity index (χ2v) is 5.12. The van der Waals surface area contributed by atoms with Crippen LogP contribution >= 0.6 is 15.9 Å². The number of furan rings is 1. The maximum atomic E-state index is 5.78. The van der Waals surface area contributed by atoms with Crippen molar-refractivity contribution in [2.24, 2.45) is 0 Å². The third-order valence-electron chi connectivity index (χ3n) is 2.54. The summed E-state index contributed by atoms with van der Waals surface area (Å²) in [6.45, 7) is 4.78. The van der Waals surface area contributed by atoms with Gasteiger partial charge in [0.25, 0.3) is 0 Å². The van der Waals surface area contributed by atoms with Gasteiger partial charge in [0, 0.05) is 4.47 Å². The Labute approximate surface area is 110 Å². The molecule has 1 heterocycles. The first-order chi connectivity index (χ1) is 8.16. The van der Waals surface area contributed by atoms with Crippen molar-refractivity contribution in [2.45, 2.75) is 26.4 Å². The molecule has 0 unspecified atom stereocenters. The van der Waals surface area contributed by atoms with Gasteiger partial charge in [-0.2, -0.15) is 0 Å². The van der Waals surface area contributed by atoms with Crippen molar-refractivity contribution in [2.75, 3.05) is 0 Å². The second-order valence-electron chi connectivity index (χ2n) is 4.20. The molecular weight excluding hydrogens is 280 g/mol.